The molecule has 0 aliphatic rings. The predicted molar refractivity (Wildman–Crippen MR) is 130 cm³/mol. The quantitative estimate of drug-likeness (QED) is 0.275. The van der Waals surface area contributed by atoms with Crippen LogP contribution >= 0.6 is 0 Å². The maximum atomic E-state index is 13.1. The molecule has 0 bridgehead atoms. The minimum Gasteiger partial charge on any atom is -0.496 e. The molecule has 0 unspecified atom stereocenters. The number of para-hydroxylation sites is 3. The Bertz CT molecular complexity index is 1310. The Hall–Kier alpha value is -4.45. The maximum Gasteiger partial charge on any atom is 0.208 e. The fraction of sp³-hybridized carbons (Fsp3) is 0.0741. The van der Waals surface area contributed by atoms with Crippen molar-refractivity contribution in [2.24, 2.45) is 0 Å². The molecule has 33 heavy (non-hydrogen) atoms. The van der Waals surface area contributed by atoms with E-state index >= 15 is 0 Å². The first-order chi connectivity index (χ1) is 16.2. The molecule has 3 aromatic carbocycles. The summed E-state index contributed by atoms with van der Waals surface area (Å²) in [6.07, 6.45) is 6.92. The second-order valence-electron chi connectivity index (χ2n) is 7.09. The Balaban J connectivity index is 1.74. The molecular weight excluding hydrogens is 414 g/mol. The number of methoxy groups -OCH3 is 2. The van der Waals surface area contributed by atoms with Crippen LogP contribution in [0.15, 0.2) is 84.9 Å². The third kappa shape index (κ3) is 4.91. The second-order valence-corrected chi connectivity index (χ2v) is 7.09. The highest BCUT2D eigenvalue weighted by Gasteiger charge is 2.17. The molecule has 6 heteroatoms. The van der Waals surface area contributed by atoms with Gasteiger partial charge in [-0.2, -0.15) is 0 Å². The lowest BCUT2D eigenvalue weighted by atomic mass is 10.1. The van der Waals surface area contributed by atoms with Crippen LogP contribution in [0.4, 0.5) is 0 Å². The Morgan fingerprint density at radius 3 is 1.97 bits per heavy atom. The lowest BCUT2D eigenvalue weighted by molar-refractivity contribution is 0.104. The lowest BCUT2D eigenvalue weighted by Crippen LogP contribution is -2.02. The number of rotatable bonds is 8. The monoisotopic (exact) mass is 437 g/mol. The highest BCUT2D eigenvalue weighted by atomic mass is 16.5. The molecule has 4 rings (SSSR count). The van der Waals surface area contributed by atoms with E-state index in [1.165, 1.54) is 6.08 Å². The zero-order valence-electron chi connectivity index (χ0n) is 18.4. The summed E-state index contributed by atoms with van der Waals surface area (Å²) in [6, 6.07) is 24.7. The molecule has 0 fully saturated rings. The smallest absolute Gasteiger partial charge is 0.208 e. The summed E-state index contributed by atoms with van der Waals surface area (Å²) in [7, 11) is 3.22. The molecule has 0 atom stereocenters. The van der Waals surface area contributed by atoms with Gasteiger partial charge < -0.3 is 9.47 Å². The van der Waals surface area contributed by atoms with Crippen molar-refractivity contribution in [1.29, 1.82) is 0 Å². The lowest BCUT2D eigenvalue weighted by Gasteiger charge is -2.06. The van der Waals surface area contributed by atoms with Crippen molar-refractivity contribution < 1.29 is 14.3 Å². The van der Waals surface area contributed by atoms with Gasteiger partial charge in [0.1, 0.15) is 11.5 Å². The van der Waals surface area contributed by atoms with Crippen molar-refractivity contribution in [2.45, 2.75) is 0 Å². The number of carbonyl (C=O) groups excluding carboxylic acids is 1. The van der Waals surface area contributed by atoms with E-state index in [-0.39, 0.29) is 11.5 Å². The van der Waals surface area contributed by atoms with Crippen LogP contribution in [0, 0.1) is 0 Å². The van der Waals surface area contributed by atoms with E-state index in [9.17, 15) is 4.79 Å². The summed E-state index contributed by atoms with van der Waals surface area (Å²) in [4.78, 5) is 13.1. The highest BCUT2D eigenvalue weighted by molar-refractivity contribution is 6.07. The summed E-state index contributed by atoms with van der Waals surface area (Å²) in [5.41, 5.74) is 3.30. The van der Waals surface area contributed by atoms with Crippen molar-refractivity contribution in [3.8, 4) is 17.2 Å². The van der Waals surface area contributed by atoms with Crippen LogP contribution in [-0.2, 0) is 0 Å². The minimum atomic E-state index is -0.261. The maximum absolute atomic E-state index is 13.1. The molecule has 0 amide bonds. The van der Waals surface area contributed by atoms with Crippen molar-refractivity contribution in [1.82, 2.24) is 15.0 Å². The van der Waals surface area contributed by atoms with Gasteiger partial charge >= 0.3 is 0 Å². The summed E-state index contributed by atoms with van der Waals surface area (Å²) < 4.78 is 12.4. The molecule has 0 spiro atoms. The van der Waals surface area contributed by atoms with E-state index in [0.717, 1.165) is 22.6 Å². The van der Waals surface area contributed by atoms with Gasteiger partial charge in [-0.3, -0.25) is 4.79 Å². The Kier molecular flexibility index (Phi) is 6.75. The van der Waals surface area contributed by atoms with Gasteiger partial charge in [-0.1, -0.05) is 59.8 Å². The third-order valence-electron chi connectivity index (χ3n) is 5.05. The van der Waals surface area contributed by atoms with Crippen LogP contribution < -0.4 is 9.47 Å². The first-order valence-corrected chi connectivity index (χ1v) is 10.4. The molecule has 6 nitrogen and oxygen atoms in total. The van der Waals surface area contributed by atoms with Gasteiger partial charge in [0.2, 0.25) is 5.78 Å². The third-order valence-corrected chi connectivity index (χ3v) is 5.05. The predicted octanol–water partition coefficient (Wildman–Crippen LogP) is 5.35. The van der Waals surface area contributed by atoms with Crippen LogP contribution in [0.5, 0.6) is 11.5 Å². The molecule has 0 aliphatic carbocycles. The van der Waals surface area contributed by atoms with Crippen LogP contribution in [0.2, 0.25) is 0 Å². The molecule has 164 valence electrons. The minimum absolute atomic E-state index is 0.246. The van der Waals surface area contributed by atoms with Crippen molar-refractivity contribution in [3.63, 3.8) is 0 Å². The van der Waals surface area contributed by atoms with E-state index in [4.69, 9.17) is 9.47 Å². The number of aromatic nitrogens is 3. The Labute approximate surface area is 192 Å². The second kappa shape index (κ2) is 10.2. The standard InChI is InChI=1S/C27H23N3O3/c1-32-25-14-8-6-10-20(25)16-18-23-27(28-29-30(23)22-12-4-3-5-13-22)24(31)19-17-21-11-7-9-15-26(21)33-2/h3-19H,1-2H3/b18-16+,19-17+. The average molecular weight is 437 g/mol. The number of carbonyl (C=O) groups is 1. The van der Waals surface area contributed by atoms with Crippen LogP contribution in [0.25, 0.3) is 23.9 Å². The Morgan fingerprint density at radius 2 is 1.33 bits per heavy atom. The number of ketones is 1. The molecule has 1 heterocycles. The van der Waals surface area contributed by atoms with Gasteiger partial charge in [-0.25, -0.2) is 4.68 Å². The summed E-state index contributed by atoms with van der Waals surface area (Å²) >= 11 is 0. The fourth-order valence-corrected chi connectivity index (χ4v) is 3.40. The first kappa shape index (κ1) is 21.8. The van der Waals surface area contributed by atoms with Gasteiger partial charge in [0.05, 0.1) is 25.6 Å². The highest BCUT2D eigenvalue weighted by Crippen LogP contribution is 2.23. The molecular formula is C27H23N3O3. The molecule has 4 aromatic rings. The van der Waals surface area contributed by atoms with Crippen LogP contribution in [0.1, 0.15) is 27.3 Å². The molecule has 0 aliphatic heterocycles. The van der Waals surface area contributed by atoms with Crippen molar-refractivity contribution >= 4 is 24.0 Å². The van der Waals surface area contributed by atoms with Crippen molar-refractivity contribution in [3.05, 3.63) is 107 Å². The zero-order valence-corrected chi connectivity index (χ0v) is 18.4. The zero-order chi connectivity index (χ0) is 23.0. The summed E-state index contributed by atoms with van der Waals surface area (Å²) in [6.45, 7) is 0. The van der Waals surface area contributed by atoms with E-state index in [1.54, 1.807) is 25.0 Å². The number of nitrogens with zero attached hydrogens (tertiary/aromatic N) is 3. The van der Waals surface area contributed by atoms with E-state index in [2.05, 4.69) is 10.3 Å². The topological polar surface area (TPSA) is 66.2 Å². The van der Waals surface area contributed by atoms with Gasteiger partial charge in [0.25, 0.3) is 0 Å². The van der Waals surface area contributed by atoms with E-state index < -0.39 is 0 Å². The van der Waals surface area contributed by atoms with Gasteiger partial charge in [-0.15, -0.1) is 5.10 Å². The SMILES string of the molecule is COc1ccccc1/C=C/C(=O)c1nnn(-c2ccccc2)c1/C=C/c1ccccc1OC. The van der Waals surface area contributed by atoms with Gasteiger partial charge in [0.15, 0.2) is 5.69 Å². The number of benzene rings is 3. The fourth-order valence-electron chi connectivity index (χ4n) is 3.40. The first-order valence-electron chi connectivity index (χ1n) is 10.4. The van der Waals surface area contributed by atoms with Gasteiger partial charge in [0, 0.05) is 11.1 Å². The molecule has 0 N–H and O–H groups in total. The number of hydrogen-bond donors (Lipinski definition) is 0. The summed E-state index contributed by atoms with van der Waals surface area (Å²) in [5.74, 6) is 1.16. The van der Waals surface area contributed by atoms with Crippen molar-refractivity contribution in [2.75, 3.05) is 14.2 Å². The molecule has 0 saturated heterocycles. The van der Waals surface area contributed by atoms with Crippen LogP contribution in [0.3, 0.4) is 0 Å². The largest absolute Gasteiger partial charge is 0.496 e. The molecule has 1 aromatic heterocycles. The average Bonchev–Trinajstić information content (AvgIpc) is 3.31. The molecule has 0 radical (unpaired) electrons. The number of ether oxygens (including phenoxy) is 2. The normalized spacial score (nSPS) is 11.2. The van der Waals surface area contributed by atoms with Crippen LogP contribution in [-0.4, -0.2) is 35.0 Å². The van der Waals surface area contributed by atoms with Gasteiger partial charge in [-0.05, 0) is 48.6 Å². The van der Waals surface area contributed by atoms with E-state index in [0.29, 0.717) is 11.4 Å². The molecule has 0 saturated carbocycles. The number of hydrogen-bond acceptors (Lipinski definition) is 5. The number of allylic oxidation sites excluding steroid dienone is 1. The van der Waals surface area contributed by atoms with E-state index in [1.807, 2.05) is 91.0 Å². The Morgan fingerprint density at radius 1 is 0.758 bits per heavy atom. The summed E-state index contributed by atoms with van der Waals surface area (Å²) in [5, 5.41) is 8.46.